The number of rotatable bonds is 8. The molecule has 5 nitrogen and oxygen atoms in total. The predicted octanol–water partition coefficient (Wildman–Crippen LogP) is 2.85. The van der Waals surface area contributed by atoms with Gasteiger partial charge < -0.3 is 10.1 Å². The maximum absolute atomic E-state index is 12.0. The van der Waals surface area contributed by atoms with Crippen molar-refractivity contribution in [1.82, 2.24) is 5.32 Å². The van der Waals surface area contributed by atoms with E-state index in [1.165, 1.54) is 6.92 Å². The molecule has 0 radical (unpaired) electrons. The molecule has 26 heavy (non-hydrogen) atoms. The van der Waals surface area contributed by atoms with E-state index in [1.807, 2.05) is 42.5 Å². The number of amides is 1. The molecule has 6 heteroatoms. The van der Waals surface area contributed by atoms with Gasteiger partial charge in [-0.05, 0) is 36.6 Å². The molecule has 0 spiro atoms. The second kappa shape index (κ2) is 9.87. The largest absolute Gasteiger partial charge is 0.455 e. The van der Waals surface area contributed by atoms with Gasteiger partial charge in [0.1, 0.15) is 0 Å². The molecule has 136 valence electrons. The Kier molecular flexibility index (Phi) is 7.53. The quantitative estimate of drug-likeness (QED) is 0.670. The molecular formula is C20H20BrNO4. The van der Waals surface area contributed by atoms with Gasteiger partial charge in [0.2, 0.25) is 0 Å². The highest BCUT2D eigenvalue weighted by atomic mass is 79.9. The van der Waals surface area contributed by atoms with E-state index < -0.39 is 24.5 Å². The van der Waals surface area contributed by atoms with Crippen molar-refractivity contribution in [2.24, 2.45) is 0 Å². The van der Waals surface area contributed by atoms with E-state index in [0.717, 1.165) is 15.6 Å². The zero-order valence-electron chi connectivity index (χ0n) is 14.4. The number of Topliss-reactive ketones (excluding diaryl/α,β-unsaturated/α-hetero) is 1. The Morgan fingerprint density at radius 2 is 1.65 bits per heavy atom. The molecule has 0 bridgehead atoms. The van der Waals surface area contributed by atoms with Crippen LogP contribution in [0.25, 0.3) is 0 Å². The van der Waals surface area contributed by atoms with Crippen LogP contribution in [0.4, 0.5) is 0 Å². The topological polar surface area (TPSA) is 72.5 Å². The Labute approximate surface area is 160 Å². The molecule has 1 atom stereocenters. The molecule has 0 heterocycles. The summed E-state index contributed by atoms with van der Waals surface area (Å²) in [6, 6.07) is 16.0. The minimum absolute atomic E-state index is 0.0840. The fourth-order valence-electron chi connectivity index (χ4n) is 2.35. The number of hydrogen-bond acceptors (Lipinski definition) is 4. The maximum atomic E-state index is 12.0. The number of esters is 1. The number of benzene rings is 2. The van der Waals surface area contributed by atoms with Gasteiger partial charge in [-0.25, -0.2) is 0 Å². The van der Waals surface area contributed by atoms with E-state index >= 15 is 0 Å². The minimum atomic E-state index is -0.643. The fourth-order valence-corrected chi connectivity index (χ4v) is 2.61. The summed E-state index contributed by atoms with van der Waals surface area (Å²) in [4.78, 5) is 35.6. The second-order valence-electron chi connectivity index (χ2n) is 5.88. The average Bonchev–Trinajstić information content (AvgIpc) is 2.62. The molecule has 0 fully saturated rings. The Bertz CT molecular complexity index is 759. The highest BCUT2D eigenvalue weighted by Gasteiger charge is 2.18. The van der Waals surface area contributed by atoms with Gasteiger partial charge in [0.05, 0.1) is 12.5 Å². The van der Waals surface area contributed by atoms with E-state index in [0.29, 0.717) is 6.42 Å². The van der Waals surface area contributed by atoms with Crippen LogP contribution >= 0.6 is 15.9 Å². The van der Waals surface area contributed by atoms with Gasteiger partial charge >= 0.3 is 5.97 Å². The van der Waals surface area contributed by atoms with Crippen LogP contribution in [0.1, 0.15) is 18.1 Å². The Morgan fingerprint density at radius 3 is 2.27 bits per heavy atom. The second-order valence-corrected chi connectivity index (χ2v) is 6.80. The number of hydrogen-bond donors (Lipinski definition) is 1. The van der Waals surface area contributed by atoms with Crippen molar-refractivity contribution in [2.75, 3.05) is 6.61 Å². The summed E-state index contributed by atoms with van der Waals surface area (Å²) >= 11 is 3.32. The lowest BCUT2D eigenvalue weighted by molar-refractivity contribution is -0.148. The molecule has 0 saturated heterocycles. The van der Waals surface area contributed by atoms with Gasteiger partial charge in [0.15, 0.2) is 12.4 Å². The van der Waals surface area contributed by atoms with Crippen LogP contribution in [0.5, 0.6) is 0 Å². The molecule has 0 aliphatic carbocycles. The lowest BCUT2D eigenvalue weighted by Crippen LogP contribution is -2.43. The van der Waals surface area contributed by atoms with Crippen molar-refractivity contribution in [3.63, 3.8) is 0 Å². The van der Waals surface area contributed by atoms with E-state index in [4.69, 9.17) is 4.74 Å². The normalized spacial score (nSPS) is 11.5. The lowest BCUT2D eigenvalue weighted by Gasteiger charge is -2.16. The monoisotopic (exact) mass is 417 g/mol. The molecule has 2 aromatic rings. The Balaban J connectivity index is 1.81. The summed E-state index contributed by atoms with van der Waals surface area (Å²) in [5.74, 6) is -1.14. The van der Waals surface area contributed by atoms with Gasteiger partial charge in [0, 0.05) is 4.47 Å². The first-order valence-electron chi connectivity index (χ1n) is 8.18. The number of carbonyl (C=O) groups is 3. The molecule has 0 aliphatic rings. The van der Waals surface area contributed by atoms with Gasteiger partial charge in [0.25, 0.3) is 5.91 Å². The van der Waals surface area contributed by atoms with Crippen molar-refractivity contribution in [3.05, 3.63) is 70.2 Å². The van der Waals surface area contributed by atoms with Gasteiger partial charge in [-0.3, -0.25) is 14.4 Å². The van der Waals surface area contributed by atoms with Crippen molar-refractivity contribution in [1.29, 1.82) is 0 Å². The first-order chi connectivity index (χ1) is 12.4. The summed E-state index contributed by atoms with van der Waals surface area (Å²) in [5.41, 5.74) is 1.74. The Morgan fingerprint density at radius 1 is 1.00 bits per heavy atom. The summed E-state index contributed by atoms with van der Waals surface area (Å²) in [6.07, 6.45) is 0.482. The van der Waals surface area contributed by atoms with E-state index in [-0.39, 0.29) is 12.2 Å². The Hall–Kier alpha value is -2.47. The smallest absolute Gasteiger partial charge is 0.310 e. The fraction of sp³-hybridized carbons (Fsp3) is 0.250. The van der Waals surface area contributed by atoms with Gasteiger partial charge in [-0.2, -0.15) is 0 Å². The van der Waals surface area contributed by atoms with Crippen LogP contribution < -0.4 is 5.32 Å². The molecule has 1 amide bonds. The van der Waals surface area contributed by atoms with Crippen LogP contribution in [0.2, 0.25) is 0 Å². The van der Waals surface area contributed by atoms with E-state index in [1.54, 1.807) is 12.1 Å². The van der Waals surface area contributed by atoms with Gasteiger partial charge in [-0.1, -0.05) is 58.4 Å². The highest BCUT2D eigenvalue weighted by molar-refractivity contribution is 9.10. The zero-order chi connectivity index (χ0) is 18.9. The zero-order valence-corrected chi connectivity index (χ0v) is 16.0. The van der Waals surface area contributed by atoms with E-state index in [2.05, 4.69) is 21.2 Å². The molecule has 1 N–H and O–H groups in total. The van der Waals surface area contributed by atoms with Crippen LogP contribution in [0, 0.1) is 0 Å². The number of nitrogens with one attached hydrogen (secondary N) is 1. The standard InChI is InChI=1S/C20H20BrNO4/c1-14(23)18(11-15-5-3-2-4-6-15)22-19(24)13-26-20(25)12-16-7-9-17(21)10-8-16/h2-10,18H,11-13H2,1H3,(H,22,24)/t18-/m0/s1. The summed E-state index contributed by atoms with van der Waals surface area (Å²) < 4.78 is 5.91. The number of carbonyl (C=O) groups excluding carboxylic acids is 3. The van der Waals surface area contributed by atoms with E-state index in [9.17, 15) is 14.4 Å². The molecule has 0 aromatic heterocycles. The maximum Gasteiger partial charge on any atom is 0.310 e. The van der Waals surface area contributed by atoms with Crippen LogP contribution in [0.3, 0.4) is 0 Å². The van der Waals surface area contributed by atoms with Crippen LogP contribution in [-0.4, -0.2) is 30.3 Å². The lowest BCUT2D eigenvalue weighted by atomic mass is 10.0. The molecule has 0 unspecified atom stereocenters. The number of ketones is 1. The number of halogens is 1. The average molecular weight is 418 g/mol. The predicted molar refractivity (Wildman–Crippen MR) is 102 cm³/mol. The third kappa shape index (κ3) is 6.80. The van der Waals surface area contributed by atoms with Crippen molar-refractivity contribution in [3.8, 4) is 0 Å². The van der Waals surface area contributed by atoms with Crippen molar-refractivity contribution < 1.29 is 19.1 Å². The molecule has 2 rings (SSSR count). The van der Waals surface area contributed by atoms with Crippen LogP contribution in [0.15, 0.2) is 59.1 Å². The molecular weight excluding hydrogens is 398 g/mol. The summed E-state index contributed by atoms with van der Waals surface area (Å²) in [5, 5.41) is 2.62. The first-order valence-corrected chi connectivity index (χ1v) is 8.97. The SMILES string of the molecule is CC(=O)[C@H](Cc1ccccc1)NC(=O)COC(=O)Cc1ccc(Br)cc1. The van der Waals surface area contributed by atoms with Crippen molar-refractivity contribution >= 4 is 33.6 Å². The van der Waals surface area contributed by atoms with Gasteiger partial charge in [-0.15, -0.1) is 0 Å². The third-order valence-corrected chi connectivity index (χ3v) is 4.26. The summed E-state index contributed by atoms with van der Waals surface area (Å²) in [7, 11) is 0. The minimum Gasteiger partial charge on any atom is -0.455 e. The molecule has 0 saturated carbocycles. The summed E-state index contributed by atoms with van der Waals surface area (Å²) in [6.45, 7) is 1.02. The third-order valence-electron chi connectivity index (χ3n) is 3.73. The van der Waals surface area contributed by atoms with Crippen LogP contribution in [-0.2, 0) is 32.0 Å². The number of ether oxygens (including phenoxy) is 1. The van der Waals surface area contributed by atoms with Crippen molar-refractivity contribution in [2.45, 2.75) is 25.8 Å². The molecule has 2 aromatic carbocycles. The first kappa shape index (κ1) is 19.8. The molecule has 0 aliphatic heterocycles. The highest BCUT2D eigenvalue weighted by Crippen LogP contribution is 2.11.